The quantitative estimate of drug-likeness (QED) is 0.525. The van der Waals surface area contributed by atoms with E-state index in [-0.39, 0.29) is 0 Å². The summed E-state index contributed by atoms with van der Waals surface area (Å²) in [5.41, 5.74) is 7.12. The Labute approximate surface area is 129 Å². The fraction of sp³-hybridized carbons (Fsp3) is 0.188. The van der Waals surface area contributed by atoms with Crippen LogP contribution >= 0.6 is 12.2 Å². The lowest BCUT2D eigenvalue weighted by atomic mass is 10.2. The summed E-state index contributed by atoms with van der Waals surface area (Å²) in [6, 6.07) is 14.1. The van der Waals surface area contributed by atoms with Gasteiger partial charge in [-0.3, -0.25) is 10.4 Å². The molecule has 0 amide bonds. The van der Waals surface area contributed by atoms with Gasteiger partial charge in [-0.1, -0.05) is 24.3 Å². The van der Waals surface area contributed by atoms with Gasteiger partial charge in [-0.15, -0.1) is 0 Å². The molecule has 1 aromatic heterocycles. The van der Waals surface area contributed by atoms with Gasteiger partial charge < -0.3 is 4.90 Å². The number of fused-ring (bicyclic) bond motifs is 1. The van der Waals surface area contributed by atoms with Crippen LogP contribution in [0.25, 0.3) is 0 Å². The fourth-order valence-electron chi connectivity index (χ4n) is 2.38. The first kappa shape index (κ1) is 13.7. The molecule has 0 atom stereocenters. The predicted octanol–water partition coefficient (Wildman–Crippen LogP) is 2.74. The number of anilines is 1. The third kappa shape index (κ3) is 2.92. The van der Waals surface area contributed by atoms with Crippen molar-refractivity contribution in [3.05, 3.63) is 59.9 Å². The van der Waals surface area contributed by atoms with E-state index in [9.17, 15) is 0 Å². The van der Waals surface area contributed by atoms with Crippen molar-refractivity contribution in [3.8, 4) is 0 Å². The van der Waals surface area contributed by atoms with Crippen molar-refractivity contribution in [3.63, 3.8) is 0 Å². The number of para-hydroxylation sites is 1. The van der Waals surface area contributed by atoms with E-state index in [1.807, 2.05) is 31.2 Å². The van der Waals surface area contributed by atoms with Gasteiger partial charge in [0.05, 0.1) is 11.4 Å². The number of thiocarbonyl (C=S) groups is 1. The van der Waals surface area contributed by atoms with E-state index in [1.165, 1.54) is 11.3 Å². The highest BCUT2D eigenvalue weighted by atomic mass is 32.1. The molecule has 2 heterocycles. The number of hydrogen-bond donors (Lipinski definition) is 1. The van der Waals surface area contributed by atoms with Crippen LogP contribution in [0.3, 0.4) is 0 Å². The summed E-state index contributed by atoms with van der Waals surface area (Å²) in [7, 11) is 0. The van der Waals surface area contributed by atoms with Crippen molar-refractivity contribution in [2.45, 2.75) is 13.3 Å². The number of hydrazone groups is 1. The zero-order valence-electron chi connectivity index (χ0n) is 11.8. The van der Waals surface area contributed by atoms with Crippen molar-refractivity contribution in [2.24, 2.45) is 5.10 Å². The highest BCUT2D eigenvalue weighted by Crippen LogP contribution is 2.27. The van der Waals surface area contributed by atoms with Crippen molar-refractivity contribution in [2.75, 3.05) is 11.4 Å². The SMILES string of the molecule is C/C(=N/NC(=S)N1CCc2ccccc21)c1ccccn1. The second kappa shape index (κ2) is 6.01. The normalized spacial score (nSPS) is 14.0. The lowest BCUT2D eigenvalue weighted by Crippen LogP contribution is -2.36. The van der Waals surface area contributed by atoms with E-state index in [4.69, 9.17) is 12.2 Å². The average molecular weight is 296 g/mol. The lowest BCUT2D eigenvalue weighted by Gasteiger charge is -2.19. The van der Waals surface area contributed by atoms with Crippen molar-refractivity contribution < 1.29 is 0 Å². The Balaban J connectivity index is 1.71. The standard InChI is InChI=1S/C16H16N4S/c1-12(14-7-4-5-10-17-14)18-19-16(21)20-11-9-13-6-2-3-8-15(13)20/h2-8,10H,9,11H2,1H3,(H,19,21)/b18-12-. The summed E-state index contributed by atoms with van der Waals surface area (Å²) in [4.78, 5) is 6.35. The third-order valence-corrected chi connectivity index (χ3v) is 3.80. The van der Waals surface area contributed by atoms with Crippen LogP contribution in [-0.2, 0) is 6.42 Å². The van der Waals surface area contributed by atoms with Gasteiger partial charge >= 0.3 is 0 Å². The van der Waals surface area contributed by atoms with Gasteiger partial charge in [0.15, 0.2) is 5.11 Å². The largest absolute Gasteiger partial charge is 0.317 e. The molecule has 1 aliphatic heterocycles. The molecule has 5 heteroatoms. The van der Waals surface area contributed by atoms with Crippen LogP contribution in [0.2, 0.25) is 0 Å². The van der Waals surface area contributed by atoms with Crippen molar-refractivity contribution in [1.29, 1.82) is 0 Å². The van der Waals surface area contributed by atoms with Crippen LogP contribution in [0.4, 0.5) is 5.69 Å². The van der Waals surface area contributed by atoms with Gasteiger partial charge in [0, 0.05) is 18.4 Å². The summed E-state index contributed by atoms with van der Waals surface area (Å²) in [6.07, 6.45) is 2.77. The summed E-state index contributed by atoms with van der Waals surface area (Å²) in [5, 5.41) is 4.95. The molecule has 0 fully saturated rings. The second-order valence-corrected chi connectivity index (χ2v) is 5.25. The lowest BCUT2D eigenvalue weighted by molar-refractivity contribution is 0.952. The molecular formula is C16H16N4S. The van der Waals surface area contributed by atoms with E-state index in [0.717, 1.165) is 24.4 Å². The van der Waals surface area contributed by atoms with Crippen LogP contribution in [0, 0.1) is 0 Å². The minimum Gasteiger partial charge on any atom is -0.317 e. The van der Waals surface area contributed by atoms with E-state index in [0.29, 0.717) is 5.11 Å². The van der Waals surface area contributed by atoms with E-state index in [1.54, 1.807) is 6.20 Å². The van der Waals surface area contributed by atoms with Crippen LogP contribution < -0.4 is 10.3 Å². The van der Waals surface area contributed by atoms with Gasteiger partial charge in [0.2, 0.25) is 0 Å². The summed E-state index contributed by atoms with van der Waals surface area (Å²) in [5.74, 6) is 0. The molecule has 21 heavy (non-hydrogen) atoms. The smallest absolute Gasteiger partial charge is 0.194 e. The van der Waals surface area contributed by atoms with Crippen LogP contribution in [0.15, 0.2) is 53.8 Å². The number of nitrogens with one attached hydrogen (secondary N) is 1. The minimum absolute atomic E-state index is 0.621. The molecule has 1 aromatic carbocycles. The third-order valence-electron chi connectivity index (χ3n) is 3.49. The average Bonchev–Trinajstić information content (AvgIpc) is 2.97. The second-order valence-electron chi connectivity index (χ2n) is 4.86. The maximum atomic E-state index is 5.45. The molecule has 4 nitrogen and oxygen atoms in total. The highest BCUT2D eigenvalue weighted by Gasteiger charge is 2.21. The number of hydrogen-bond acceptors (Lipinski definition) is 3. The van der Waals surface area contributed by atoms with Gasteiger partial charge in [0.1, 0.15) is 0 Å². The first-order valence-electron chi connectivity index (χ1n) is 6.87. The zero-order chi connectivity index (χ0) is 14.7. The summed E-state index contributed by atoms with van der Waals surface area (Å²) in [6.45, 7) is 2.80. The molecule has 1 N–H and O–H groups in total. The molecular weight excluding hydrogens is 280 g/mol. The Morgan fingerprint density at radius 3 is 2.86 bits per heavy atom. The molecule has 1 aliphatic rings. The first-order chi connectivity index (χ1) is 10.3. The molecule has 3 rings (SSSR count). The molecule has 2 aromatic rings. The number of aromatic nitrogens is 1. The zero-order valence-corrected chi connectivity index (χ0v) is 12.6. The molecule has 0 spiro atoms. The molecule has 0 radical (unpaired) electrons. The maximum absolute atomic E-state index is 5.45. The minimum atomic E-state index is 0.621. The Morgan fingerprint density at radius 1 is 1.24 bits per heavy atom. The van der Waals surface area contributed by atoms with Gasteiger partial charge in [-0.05, 0) is 49.3 Å². The highest BCUT2D eigenvalue weighted by molar-refractivity contribution is 7.80. The van der Waals surface area contributed by atoms with Crippen LogP contribution in [0.5, 0.6) is 0 Å². The van der Waals surface area contributed by atoms with Gasteiger partial charge in [-0.25, -0.2) is 0 Å². The molecule has 0 unspecified atom stereocenters. The van der Waals surface area contributed by atoms with E-state index in [2.05, 4.69) is 38.6 Å². The molecule has 0 aliphatic carbocycles. The van der Waals surface area contributed by atoms with E-state index < -0.39 is 0 Å². The number of nitrogens with zero attached hydrogens (tertiary/aromatic N) is 3. The molecule has 0 bridgehead atoms. The summed E-state index contributed by atoms with van der Waals surface area (Å²) >= 11 is 5.45. The monoisotopic (exact) mass is 296 g/mol. The fourth-order valence-corrected chi connectivity index (χ4v) is 2.61. The Kier molecular flexibility index (Phi) is 3.92. The van der Waals surface area contributed by atoms with Crippen LogP contribution in [0.1, 0.15) is 18.2 Å². The molecule has 106 valence electrons. The number of benzene rings is 1. The number of pyridine rings is 1. The van der Waals surface area contributed by atoms with Gasteiger partial charge in [-0.2, -0.15) is 5.10 Å². The Bertz CT molecular complexity index is 682. The predicted molar refractivity (Wildman–Crippen MR) is 89.7 cm³/mol. The first-order valence-corrected chi connectivity index (χ1v) is 7.27. The van der Waals surface area contributed by atoms with Gasteiger partial charge in [0.25, 0.3) is 0 Å². The van der Waals surface area contributed by atoms with E-state index >= 15 is 0 Å². The van der Waals surface area contributed by atoms with Crippen molar-refractivity contribution in [1.82, 2.24) is 10.4 Å². The molecule has 0 saturated carbocycles. The summed E-state index contributed by atoms with van der Waals surface area (Å²) < 4.78 is 0. The van der Waals surface area contributed by atoms with Crippen LogP contribution in [-0.4, -0.2) is 22.4 Å². The Morgan fingerprint density at radius 2 is 2.05 bits per heavy atom. The molecule has 0 saturated heterocycles. The number of rotatable bonds is 2. The topological polar surface area (TPSA) is 40.5 Å². The maximum Gasteiger partial charge on any atom is 0.194 e. The Hall–Kier alpha value is -2.27. The van der Waals surface area contributed by atoms with Crippen molar-refractivity contribution >= 4 is 28.7 Å².